The molecule has 1 aliphatic rings. The van der Waals surface area contributed by atoms with Gasteiger partial charge in [-0.25, -0.2) is 0 Å². The summed E-state index contributed by atoms with van der Waals surface area (Å²) in [6.45, 7) is 0.489. The highest BCUT2D eigenvalue weighted by Crippen LogP contribution is 2.34. The molecule has 4 aromatic rings. The van der Waals surface area contributed by atoms with Crippen molar-refractivity contribution in [2.45, 2.75) is 13.2 Å². The minimum atomic E-state index is -0.174. The zero-order chi connectivity index (χ0) is 28.8. The number of carbonyl (C=O) groups is 1. The molecule has 7 nitrogen and oxygen atoms in total. The lowest BCUT2D eigenvalue weighted by molar-refractivity contribution is -0.122. The highest BCUT2D eigenvalue weighted by Gasteiger charge is 2.34. The van der Waals surface area contributed by atoms with Crippen molar-refractivity contribution in [1.82, 2.24) is 4.90 Å². The van der Waals surface area contributed by atoms with Crippen molar-refractivity contribution >= 4 is 74.3 Å². The van der Waals surface area contributed by atoms with Crippen molar-refractivity contribution in [1.29, 1.82) is 0 Å². The predicted octanol–water partition coefficient (Wildman–Crippen LogP) is 8.44. The molecule has 0 saturated carbocycles. The van der Waals surface area contributed by atoms with Crippen molar-refractivity contribution in [2.24, 2.45) is 10.2 Å². The summed E-state index contributed by atoms with van der Waals surface area (Å²) in [6, 6.07) is 22.0. The Labute approximate surface area is 259 Å². The number of thioether (sulfide) groups is 1. The fraction of sp³-hybridized carbons (Fsp3) is 0.100. The SMILES string of the molecule is COc1cc(/C=N/N=C2\S/C(=C\c3ccc(Br)cc3)C(=O)N2Cc2ccco2)ccc1OCc1ccc(Cl)cc1Cl. The van der Waals surface area contributed by atoms with Gasteiger partial charge in [-0.15, -0.1) is 5.10 Å². The van der Waals surface area contributed by atoms with Crippen molar-refractivity contribution < 1.29 is 18.7 Å². The third kappa shape index (κ3) is 7.42. The molecule has 208 valence electrons. The molecule has 3 aromatic carbocycles. The first-order valence-corrected chi connectivity index (χ1v) is 14.6. The summed E-state index contributed by atoms with van der Waals surface area (Å²) in [4.78, 5) is 15.4. The van der Waals surface area contributed by atoms with Crippen LogP contribution in [0.3, 0.4) is 0 Å². The fourth-order valence-electron chi connectivity index (χ4n) is 3.81. The maximum Gasteiger partial charge on any atom is 0.267 e. The molecule has 1 saturated heterocycles. The van der Waals surface area contributed by atoms with Gasteiger partial charge in [-0.2, -0.15) is 5.10 Å². The first-order chi connectivity index (χ1) is 19.9. The lowest BCUT2D eigenvalue weighted by Crippen LogP contribution is -2.28. The van der Waals surface area contributed by atoms with Crippen LogP contribution in [-0.2, 0) is 17.9 Å². The minimum absolute atomic E-state index is 0.174. The van der Waals surface area contributed by atoms with E-state index in [2.05, 4.69) is 26.1 Å². The number of benzene rings is 3. The first-order valence-electron chi connectivity index (χ1n) is 12.2. The van der Waals surface area contributed by atoms with Crippen LogP contribution in [0.2, 0.25) is 10.0 Å². The molecule has 0 radical (unpaired) electrons. The number of hydrogen-bond donors (Lipinski definition) is 0. The molecule has 0 aliphatic carbocycles. The number of amides is 1. The van der Waals surface area contributed by atoms with Gasteiger partial charge in [-0.1, -0.05) is 57.3 Å². The normalized spacial score (nSPS) is 15.4. The molecule has 1 fully saturated rings. The molecule has 1 aromatic heterocycles. The van der Waals surface area contributed by atoms with E-state index in [-0.39, 0.29) is 19.1 Å². The first kappa shape index (κ1) is 29.0. The topological polar surface area (TPSA) is 76.6 Å². The molecule has 0 atom stereocenters. The largest absolute Gasteiger partial charge is 0.493 e. The van der Waals surface area contributed by atoms with Crippen molar-refractivity contribution in [3.8, 4) is 11.5 Å². The summed E-state index contributed by atoms with van der Waals surface area (Å²) < 4.78 is 17.9. The smallest absolute Gasteiger partial charge is 0.267 e. The monoisotopic (exact) mass is 669 g/mol. The molecule has 0 bridgehead atoms. The Balaban J connectivity index is 1.33. The van der Waals surface area contributed by atoms with Crippen LogP contribution in [0.5, 0.6) is 11.5 Å². The maximum absolute atomic E-state index is 13.3. The van der Waals surface area contributed by atoms with Gasteiger partial charge in [0.05, 0.1) is 31.0 Å². The van der Waals surface area contributed by atoms with Crippen LogP contribution in [0.15, 0.2) is 103 Å². The Hall–Kier alpha value is -3.50. The van der Waals surface area contributed by atoms with E-state index in [1.807, 2.05) is 48.5 Å². The Kier molecular flexibility index (Phi) is 9.51. The molecule has 5 rings (SSSR count). The molecule has 0 N–H and O–H groups in total. The fourth-order valence-corrected chi connectivity index (χ4v) is 5.48. The van der Waals surface area contributed by atoms with Gasteiger partial charge in [0, 0.05) is 20.1 Å². The number of halogens is 3. The van der Waals surface area contributed by atoms with Crippen LogP contribution < -0.4 is 9.47 Å². The maximum atomic E-state index is 13.3. The molecule has 0 unspecified atom stereocenters. The molecular weight excluding hydrogens is 649 g/mol. The average Bonchev–Trinajstić information content (AvgIpc) is 3.58. The number of nitrogens with zero attached hydrogens (tertiary/aromatic N) is 3. The van der Waals surface area contributed by atoms with Gasteiger partial charge in [0.15, 0.2) is 16.7 Å². The van der Waals surface area contributed by atoms with Crippen LogP contribution in [0.4, 0.5) is 0 Å². The standard InChI is InChI=1S/C30H22BrCl2N3O4S/c1-38-27-13-20(6-11-26(27)40-18-21-7-10-23(32)15-25(21)33)16-34-35-30-36(17-24-3-2-12-39-24)29(37)28(41-30)14-19-4-8-22(31)9-5-19/h2-16H,17-18H2,1H3/b28-14-,34-16+,35-30-. The van der Waals surface area contributed by atoms with Gasteiger partial charge >= 0.3 is 0 Å². The molecular formula is C30H22BrCl2N3O4S. The average molecular weight is 671 g/mol. The van der Waals surface area contributed by atoms with E-state index in [1.54, 1.807) is 54.8 Å². The molecule has 0 spiro atoms. The summed E-state index contributed by atoms with van der Waals surface area (Å²) in [5.74, 6) is 1.54. The summed E-state index contributed by atoms with van der Waals surface area (Å²) in [7, 11) is 1.56. The van der Waals surface area contributed by atoms with Crippen LogP contribution in [0.25, 0.3) is 6.08 Å². The summed E-state index contributed by atoms with van der Waals surface area (Å²) in [6.07, 6.45) is 4.99. The molecule has 2 heterocycles. The van der Waals surface area contributed by atoms with Crippen molar-refractivity contribution in [3.05, 3.63) is 121 Å². The quantitative estimate of drug-likeness (QED) is 0.101. The van der Waals surface area contributed by atoms with Gasteiger partial charge in [-0.05, 0) is 83.6 Å². The molecule has 41 heavy (non-hydrogen) atoms. The van der Waals surface area contributed by atoms with Crippen LogP contribution in [0.1, 0.15) is 22.5 Å². The lowest BCUT2D eigenvalue weighted by Gasteiger charge is -2.13. The van der Waals surface area contributed by atoms with E-state index in [9.17, 15) is 4.79 Å². The van der Waals surface area contributed by atoms with E-state index >= 15 is 0 Å². The predicted molar refractivity (Wildman–Crippen MR) is 168 cm³/mol. The number of rotatable bonds is 9. The number of furan rings is 1. The highest BCUT2D eigenvalue weighted by atomic mass is 79.9. The number of amidine groups is 1. The van der Waals surface area contributed by atoms with Gasteiger partial charge in [0.25, 0.3) is 5.91 Å². The lowest BCUT2D eigenvalue weighted by atomic mass is 10.2. The van der Waals surface area contributed by atoms with E-state index < -0.39 is 0 Å². The summed E-state index contributed by atoms with van der Waals surface area (Å²) in [5.41, 5.74) is 2.44. The minimum Gasteiger partial charge on any atom is -0.493 e. The third-order valence-electron chi connectivity index (χ3n) is 5.89. The Bertz CT molecular complexity index is 1640. The van der Waals surface area contributed by atoms with Crippen molar-refractivity contribution in [3.63, 3.8) is 0 Å². The molecule has 11 heteroatoms. The number of carbonyl (C=O) groups excluding carboxylic acids is 1. The number of ether oxygens (including phenoxy) is 2. The third-order valence-corrected chi connectivity index (χ3v) is 8.00. The van der Waals surface area contributed by atoms with Gasteiger partial charge in [0.2, 0.25) is 0 Å². The van der Waals surface area contributed by atoms with E-state index in [0.29, 0.717) is 37.4 Å². The Morgan fingerprint density at radius 3 is 2.56 bits per heavy atom. The zero-order valence-corrected chi connectivity index (χ0v) is 25.5. The Morgan fingerprint density at radius 1 is 1.02 bits per heavy atom. The summed E-state index contributed by atoms with van der Waals surface area (Å²) in [5, 5.41) is 10.2. The second-order valence-electron chi connectivity index (χ2n) is 8.69. The second kappa shape index (κ2) is 13.4. The molecule has 1 amide bonds. The van der Waals surface area contributed by atoms with Gasteiger partial charge in [0.1, 0.15) is 12.4 Å². The van der Waals surface area contributed by atoms with E-state index in [4.69, 9.17) is 37.1 Å². The van der Waals surface area contributed by atoms with Crippen LogP contribution in [0, 0.1) is 0 Å². The molecule has 1 aliphatic heterocycles. The van der Waals surface area contributed by atoms with E-state index in [0.717, 1.165) is 21.2 Å². The van der Waals surface area contributed by atoms with Gasteiger partial charge in [-0.3, -0.25) is 9.69 Å². The Morgan fingerprint density at radius 2 is 1.83 bits per heavy atom. The van der Waals surface area contributed by atoms with Crippen LogP contribution >= 0.6 is 50.9 Å². The highest BCUT2D eigenvalue weighted by molar-refractivity contribution is 9.10. The van der Waals surface area contributed by atoms with Crippen molar-refractivity contribution in [2.75, 3.05) is 7.11 Å². The number of hydrogen-bond acceptors (Lipinski definition) is 7. The van der Waals surface area contributed by atoms with Crippen LogP contribution in [-0.4, -0.2) is 29.3 Å². The number of methoxy groups -OCH3 is 1. The second-order valence-corrected chi connectivity index (χ2v) is 11.5. The summed E-state index contributed by atoms with van der Waals surface area (Å²) >= 11 is 16.9. The zero-order valence-electron chi connectivity index (χ0n) is 21.6. The van der Waals surface area contributed by atoms with E-state index in [1.165, 1.54) is 11.8 Å². The van der Waals surface area contributed by atoms with Gasteiger partial charge < -0.3 is 13.9 Å².